The molecule has 1 saturated heterocycles. The maximum Gasteiger partial charge on any atom is 0.157 e. The summed E-state index contributed by atoms with van der Waals surface area (Å²) in [7, 11) is 0. The molecule has 1 aliphatic heterocycles. The van der Waals surface area contributed by atoms with E-state index in [9.17, 15) is 9.90 Å². The third kappa shape index (κ3) is 5.44. The van der Waals surface area contributed by atoms with Crippen LogP contribution in [0.15, 0.2) is 23.2 Å². The van der Waals surface area contributed by atoms with Crippen LogP contribution in [0.25, 0.3) is 0 Å². The van der Waals surface area contributed by atoms with E-state index < -0.39 is 0 Å². The van der Waals surface area contributed by atoms with Gasteiger partial charge >= 0.3 is 0 Å². The fourth-order valence-electron chi connectivity index (χ4n) is 2.93. The lowest BCUT2D eigenvalue weighted by molar-refractivity contribution is 0.00767. The number of morpholine rings is 1. The second-order valence-electron chi connectivity index (χ2n) is 6.86. The molecule has 3 N–H and O–H groups in total. The standard InChI is InChI=1S/C19H29N3O4/c1-13(2)21-19(9-14(3)20)22-7-8-25-11-15(22)12-26-18-6-4-5-17(24)16(18)10-23/h4-6,10,13-15,24H,7-9,11-12,20H2,1-3H3. The number of amidine groups is 1. The van der Waals surface area contributed by atoms with Crippen molar-refractivity contribution in [1.82, 2.24) is 4.90 Å². The molecular weight excluding hydrogens is 334 g/mol. The van der Waals surface area contributed by atoms with E-state index in [1.807, 2.05) is 20.8 Å². The molecule has 0 bridgehead atoms. The lowest BCUT2D eigenvalue weighted by Gasteiger charge is -2.38. The number of aromatic hydroxyl groups is 1. The Morgan fingerprint density at radius 1 is 1.50 bits per heavy atom. The van der Waals surface area contributed by atoms with Crippen LogP contribution in [0.2, 0.25) is 0 Å². The molecule has 1 heterocycles. The quantitative estimate of drug-likeness (QED) is 0.436. The molecule has 0 saturated carbocycles. The Bertz CT molecular complexity index is 631. The van der Waals surface area contributed by atoms with Crippen molar-refractivity contribution < 1.29 is 19.4 Å². The lowest BCUT2D eigenvalue weighted by Crippen LogP contribution is -2.52. The largest absolute Gasteiger partial charge is 0.507 e. The van der Waals surface area contributed by atoms with Gasteiger partial charge in [-0.05, 0) is 32.9 Å². The Morgan fingerprint density at radius 2 is 2.27 bits per heavy atom. The topological polar surface area (TPSA) is 97.4 Å². The van der Waals surface area contributed by atoms with Gasteiger partial charge in [0.15, 0.2) is 6.29 Å². The van der Waals surface area contributed by atoms with Crippen molar-refractivity contribution in [3.8, 4) is 11.5 Å². The minimum atomic E-state index is -0.0896. The first kappa shape index (κ1) is 20.2. The van der Waals surface area contributed by atoms with Crippen LogP contribution in [0, 0.1) is 0 Å². The molecule has 0 aromatic heterocycles. The number of rotatable bonds is 7. The smallest absolute Gasteiger partial charge is 0.157 e. The van der Waals surface area contributed by atoms with Crippen LogP contribution in [-0.4, -0.2) is 66.6 Å². The number of phenolic OH excluding ortho intramolecular Hbond substituents is 1. The second kappa shape index (κ2) is 9.54. The summed E-state index contributed by atoms with van der Waals surface area (Å²) >= 11 is 0. The molecule has 1 aromatic carbocycles. The van der Waals surface area contributed by atoms with Crippen LogP contribution in [0.5, 0.6) is 11.5 Å². The van der Waals surface area contributed by atoms with Gasteiger partial charge in [0, 0.05) is 25.0 Å². The van der Waals surface area contributed by atoms with Gasteiger partial charge in [0.2, 0.25) is 0 Å². The number of hydrogen-bond acceptors (Lipinski definition) is 6. The monoisotopic (exact) mass is 363 g/mol. The highest BCUT2D eigenvalue weighted by Crippen LogP contribution is 2.26. The lowest BCUT2D eigenvalue weighted by atomic mass is 10.1. The van der Waals surface area contributed by atoms with E-state index in [1.54, 1.807) is 12.1 Å². The van der Waals surface area contributed by atoms with Crippen molar-refractivity contribution in [3.05, 3.63) is 23.8 Å². The summed E-state index contributed by atoms with van der Waals surface area (Å²) < 4.78 is 11.5. The molecule has 1 aliphatic rings. The zero-order valence-corrected chi connectivity index (χ0v) is 15.7. The minimum Gasteiger partial charge on any atom is -0.507 e. The van der Waals surface area contributed by atoms with Crippen LogP contribution in [0.1, 0.15) is 37.6 Å². The average Bonchev–Trinajstić information content (AvgIpc) is 2.59. The van der Waals surface area contributed by atoms with Crippen molar-refractivity contribution in [3.63, 3.8) is 0 Å². The molecule has 0 radical (unpaired) electrons. The Kier molecular flexibility index (Phi) is 7.41. The summed E-state index contributed by atoms with van der Waals surface area (Å²) in [4.78, 5) is 18.1. The summed E-state index contributed by atoms with van der Waals surface area (Å²) in [6.07, 6.45) is 1.28. The van der Waals surface area contributed by atoms with Gasteiger partial charge in [0.1, 0.15) is 23.9 Å². The van der Waals surface area contributed by atoms with Crippen molar-refractivity contribution in [1.29, 1.82) is 0 Å². The first-order valence-electron chi connectivity index (χ1n) is 8.99. The average molecular weight is 363 g/mol. The number of ether oxygens (including phenoxy) is 2. The van der Waals surface area contributed by atoms with Gasteiger partial charge in [-0.1, -0.05) is 6.07 Å². The molecule has 0 spiro atoms. The molecule has 7 nitrogen and oxygen atoms in total. The maximum atomic E-state index is 11.2. The summed E-state index contributed by atoms with van der Waals surface area (Å²) in [6.45, 7) is 8.20. The molecule has 0 amide bonds. The molecular formula is C19H29N3O4. The Hall–Kier alpha value is -2.12. The molecule has 7 heteroatoms. The maximum absolute atomic E-state index is 11.2. The van der Waals surface area contributed by atoms with E-state index in [0.717, 1.165) is 5.84 Å². The number of benzene rings is 1. The fourth-order valence-corrected chi connectivity index (χ4v) is 2.93. The van der Waals surface area contributed by atoms with Crippen molar-refractivity contribution >= 4 is 12.1 Å². The highest BCUT2D eigenvalue weighted by atomic mass is 16.5. The van der Waals surface area contributed by atoms with Crippen molar-refractivity contribution in [2.24, 2.45) is 10.7 Å². The highest BCUT2D eigenvalue weighted by Gasteiger charge is 2.27. The molecule has 144 valence electrons. The number of nitrogens with zero attached hydrogens (tertiary/aromatic N) is 2. The van der Waals surface area contributed by atoms with Gasteiger partial charge in [-0.25, -0.2) is 0 Å². The van der Waals surface area contributed by atoms with Gasteiger partial charge in [-0.15, -0.1) is 0 Å². The van der Waals surface area contributed by atoms with Crippen molar-refractivity contribution in [2.45, 2.75) is 45.3 Å². The highest BCUT2D eigenvalue weighted by molar-refractivity contribution is 5.84. The van der Waals surface area contributed by atoms with Gasteiger partial charge in [-0.2, -0.15) is 0 Å². The molecule has 26 heavy (non-hydrogen) atoms. The van der Waals surface area contributed by atoms with Crippen LogP contribution in [-0.2, 0) is 4.74 Å². The molecule has 2 rings (SSSR count). The summed E-state index contributed by atoms with van der Waals surface area (Å²) in [6, 6.07) is 4.91. The zero-order valence-electron chi connectivity index (χ0n) is 15.7. The normalized spacial score (nSPS) is 19.5. The van der Waals surface area contributed by atoms with E-state index in [2.05, 4.69) is 4.90 Å². The van der Waals surface area contributed by atoms with Crippen LogP contribution >= 0.6 is 0 Å². The minimum absolute atomic E-state index is 0.00431. The summed E-state index contributed by atoms with van der Waals surface area (Å²) in [5, 5.41) is 9.79. The van der Waals surface area contributed by atoms with Crippen molar-refractivity contribution in [2.75, 3.05) is 26.4 Å². The zero-order chi connectivity index (χ0) is 19.1. The summed E-state index contributed by atoms with van der Waals surface area (Å²) in [5.41, 5.74) is 6.16. The summed E-state index contributed by atoms with van der Waals surface area (Å²) in [5.74, 6) is 1.23. The van der Waals surface area contributed by atoms with E-state index in [-0.39, 0.29) is 29.4 Å². The molecule has 2 unspecified atom stereocenters. The second-order valence-corrected chi connectivity index (χ2v) is 6.86. The number of carbonyl (C=O) groups is 1. The molecule has 1 aromatic rings. The first-order chi connectivity index (χ1) is 12.4. The van der Waals surface area contributed by atoms with Gasteiger partial charge in [0.05, 0.1) is 24.8 Å². The third-order valence-electron chi connectivity index (χ3n) is 4.06. The molecule has 0 aliphatic carbocycles. The van der Waals surface area contributed by atoms with E-state index >= 15 is 0 Å². The molecule has 2 atom stereocenters. The van der Waals surface area contributed by atoms with E-state index in [1.165, 1.54) is 6.07 Å². The van der Waals surface area contributed by atoms with Gasteiger partial charge in [0.25, 0.3) is 0 Å². The Balaban J connectivity index is 2.15. The number of nitrogens with two attached hydrogens (primary N) is 1. The van der Waals surface area contributed by atoms with Gasteiger partial charge < -0.3 is 25.2 Å². The first-order valence-corrected chi connectivity index (χ1v) is 8.99. The number of aldehydes is 1. The van der Waals surface area contributed by atoms with Crippen LogP contribution < -0.4 is 10.5 Å². The number of hydrogen-bond donors (Lipinski definition) is 2. The van der Waals surface area contributed by atoms with E-state index in [0.29, 0.717) is 44.8 Å². The SMILES string of the molecule is CC(N)CC(=NC(C)C)N1CCOCC1COc1cccc(O)c1C=O. The number of carbonyl (C=O) groups excluding carboxylic acids is 1. The Morgan fingerprint density at radius 3 is 2.92 bits per heavy atom. The predicted octanol–water partition coefficient (Wildman–Crippen LogP) is 1.83. The number of aliphatic imine (C=N–C) groups is 1. The third-order valence-corrected chi connectivity index (χ3v) is 4.06. The van der Waals surface area contributed by atoms with Crippen LogP contribution in [0.3, 0.4) is 0 Å². The Labute approximate surface area is 154 Å². The fraction of sp³-hybridized carbons (Fsp3) is 0.579. The van der Waals surface area contributed by atoms with Gasteiger partial charge in [-0.3, -0.25) is 9.79 Å². The van der Waals surface area contributed by atoms with E-state index in [4.69, 9.17) is 20.2 Å². The predicted molar refractivity (Wildman–Crippen MR) is 101 cm³/mol. The number of phenols is 1. The molecule has 1 fully saturated rings. The van der Waals surface area contributed by atoms with Crippen LogP contribution in [0.4, 0.5) is 0 Å².